The minimum atomic E-state index is -1.26. The van der Waals surface area contributed by atoms with Gasteiger partial charge in [-0.25, -0.2) is 29.2 Å². The van der Waals surface area contributed by atoms with Gasteiger partial charge in [0.25, 0.3) is 0 Å². The summed E-state index contributed by atoms with van der Waals surface area (Å²) < 4.78 is 7.93. The lowest BCUT2D eigenvalue weighted by molar-refractivity contribution is -0.134. The number of carbonyl (C=O) groups is 2. The summed E-state index contributed by atoms with van der Waals surface area (Å²) in [7, 11) is 2.21. The minimum absolute atomic E-state index is 0.299. The number of pyridine rings is 1. The van der Waals surface area contributed by atoms with Gasteiger partial charge >= 0.3 is 11.9 Å². The van der Waals surface area contributed by atoms with Gasteiger partial charge in [0.2, 0.25) is 5.88 Å². The fourth-order valence-electron chi connectivity index (χ4n) is 5.64. The maximum absolute atomic E-state index is 9.55. The summed E-state index contributed by atoms with van der Waals surface area (Å²) in [4.78, 5) is 37.6. The number of piperazine rings is 1. The van der Waals surface area contributed by atoms with Crippen LogP contribution in [0.5, 0.6) is 11.6 Å². The summed E-state index contributed by atoms with van der Waals surface area (Å²) in [6.07, 6.45) is 8.95. The second kappa shape index (κ2) is 14.1. The fourth-order valence-corrected chi connectivity index (χ4v) is 5.64. The number of fused-ring (bicyclic) bond motifs is 1. The zero-order valence-corrected chi connectivity index (χ0v) is 24.5. The molecule has 44 heavy (non-hydrogen) atoms. The molecule has 0 bridgehead atoms. The standard InChI is InChI=1S/C27H32N8O.C4H4O4/c1-33-13-15-34(16-14-33)20-8-10-21(11-9-20)35-27-24(26(28)30-18-31-27)25(32-35)19-7-12-23(29-17-19)36-22-5-3-2-4-6-22;5-3(6)1-2-4(7)8/h2-7,12,17-18,20-21H,8-11,13-16H2,1H3,(H2,28,30,31);1-2H,(H,5,6)(H,7,8)/t20-,21-;. The Morgan fingerprint density at radius 3 is 2.16 bits per heavy atom. The van der Waals surface area contributed by atoms with E-state index in [1.807, 2.05) is 42.5 Å². The van der Waals surface area contributed by atoms with Crippen LogP contribution in [-0.4, -0.2) is 96.0 Å². The lowest BCUT2D eigenvalue weighted by Gasteiger charge is -2.41. The largest absolute Gasteiger partial charge is 0.478 e. The van der Waals surface area contributed by atoms with Gasteiger partial charge in [-0.1, -0.05) is 18.2 Å². The van der Waals surface area contributed by atoms with Gasteiger partial charge in [-0.15, -0.1) is 0 Å². The molecule has 4 heterocycles. The molecule has 0 atom stereocenters. The molecule has 6 rings (SSSR count). The lowest BCUT2D eigenvalue weighted by atomic mass is 9.90. The third-order valence-corrected chi connectivity index (χ3v) is 7.93. The molecule has 13 nitrogen and oxygen atoms in total. The van der Waals surface area contributed by atoms with E-state index >= 15 is 0 Å². The first-order valence-electron chi connectivity index (χ1n) is 14.5. The number of nitrogens with zero attached hydrogens (tertiary/aromatic N) is 7. The first-order chi connectivity index (χ1) is 21.3. The number of aromatic nitrogens is 5. The number of aliphatic carboxylic acids is 2. The Labute approximate surface area is 254 Å². The van der Waals surface area contributed by atoms with Crippen molar-refractivity contribution in [2.75, 3.05) is 39.0 Å². The van der Waals surface area contributed by atoms with Crippen LogP contribution in [0.3, 0.4) is 0 Å². The van der Waals surface area contributed by atoms with Crippen LogP contribution >= 0.6 is 0 Å². The minimum Gasteiger partial charge on any atom is -0.478 e. The topological polar surface area (TPSA) is 173 Å². The van der Waals surface area contributed by atoms with Gasteiger partial charge < -0.3 is 25.6 Å². The lowest BCUT2D eigenvalue weighted by Crippen LogP contribution is -2.49. The number of benzene rings is 1. The van der Waals surface area contributed by atoms with E-state index in [0.717, 1.165) is 54.0 Å². The van der Waals surface area contributed by atoms with Gasteiger partial charge in [0, 0.05) is 62.2 Å². The Balaban J connectivity index is 0.000000426. The van der Waals surface area contributed by atoms with Crippen LogP contribution in [0.1, 0.15) is 31.7 Å². The molecule has 2 fully saturated rings. The number of rotatable bonds is 7. The number of likely N-dealkylation sites (N-methyl/N-ethyl adjacent to an activating group) is 1. The first-order valence-corrected chi connectivity index (χ1v) is 14.5. The van der Waals surface area contributed by atoms with E-state index in [9.17, 15) is 9.59 Å². The number of carboxylic acid groups (broad SMARTS) is 2. The molecule has 3 aromatic heterocycles. The number of nitrogen functional groups attached to an aromatic ring is 1. The normalized spacial score (nSPS) is 19.4. The monoisotopic (exact) mass is 600 g/mol. The number of para-hydroxylation sites is 1. The van der Waals surface area contributed by atoms with Crippen molar-refractivity contribution in [2.24, 2.45) is 0 Å². The van der Waals surface area contributed by atoms with Crippen LogP contribution in [0.4, 0.5) is 5.82 Å². The molecule has 0 amide bonds. The predicted octanol–water partition coefficient (Wildman–Crippen LogP) is 3.71. The average molecular weight is 601 g/mol. The molecule has 4 aromatic rings. The van der Waals surface area contributed by atoms with Crippen LogP contribution in [-0.2, 0) is 9.59 Å². The Morgan fingerprint density at radius 1 is 0.886 bits per heavy atom. The summed E-state index contributed by atoms with van der Waals surface area (Å²) in [6, 6.07) is 14.4. The molecule has 0 radical (unpaired) electrons. The zero-order chi connectivity index (χ0) is 31.1. The van der Waals surface area contributed by atoms with E-state index in [1.165, 1.54) is 32.3 Å². The second-order valence-electron chi connectivity index (χ2n) is 10.9. The molecule has 1 saturated carbocycles. The third kappa shape index (κ3) is 7.54. The van der Waals surface area contributed by atoms with Crippen LogP contribution in [0.15, 0.2) is 67.1 Å². The molecule has 0 unspecified atom stereocenters. The van der Waals surface area contributed by atoms with E-state index in [4.69, 9.17) is 25.8 Å². The number of hydrogen-bond donors (Lipinski definition) is 3. The molecule has 230 valence electrons. The molecule has 0 spiro atoms. The van der Waals surface area contributed by atoms with Crippen molar-refractivity contribution in [1.29, 1.82) is 0 Å². The SMILES string of the molecule is CN1CCN([C@H]2CC[C@H](n3nc(-c4ccc(Oc5ccccc5)nc4)c4c(N)ncnc43)CC2)CC1.O=C(O)C=CC(=O)O. The number of nitrogens with two attached hydrogens (primary N) is 1. The summed E-state index contributed by atoms with van der Waals surface area (Å²) in [6.45, 7) is 4.65. The number of hydrogen-bond acceptors (Lipinski definition) is 10. The zero-order valence-electron chi connectivity index (χ0n) is 24.5. The molecule has 13 heteroatoms. The second-order valence-corrected chi connectivity index (χ2v) is 10.9. The number of anilines is 1. The summed E-state index contributed by atoms with van der Waals surface area (Å²) in [5, 5.41) is 21.5. The van der Waals surface area contributed by atoms with Crippen LogP contribution < -0.4 is 10.5 Å². The van der Waals surface area contributed by atoms with Crippen molar-refractivity contribution in [3.05, 3.63) is 67.1 Å². The van der Waals surface area contributed by atoms with E-state index in [0.29, 0.717) is 35.9 Å². The van der Waals surface area contributed by atoms with Gasteiger partial charge in [-0.3, -0.25) is 4.90 Å². The molecule has 1 saturated heterocycles. The Hall–Kier alpha value is -4.88. The average Bonchev–Trinajstić information content (AvgIpc) is 3.43. The van der Waals surface area contributed by atoms with E-state index < -0.39 is 11.9 Å². The van der Waals surface area contributed by atoms with Crippen molar-refractivity contribution in [1.82, 2.24) is 34.5 Å². The van der Waals surface area contributed by atoms with Gasteiger partial charge in [0.1, 0.15) is 23.6 Å². The van der Waals surface area contributed by atoms with Gasteiger partial charge in [-0.2, -0.15) is 5.10 Å². The molecule has 1 aliphatic heterocycles. The van der Waals surface area contributed by atoms with Crippen molar-refractivity contribution >= 4 is 28.8 Å². The van der Waals surface area contributed by atoms with E-state index in [-0.39, 0.29) is 0 Å². The quantitative estimate of drug-likeness (QED) is 0.263. The van der Waals surface area contributed by atoms with Crippen molar-refractivity contribution in [2.45, 2.75) is 37.8 Å². The molecular weight excluding hydrogens is 564 g/mol. The first kappa shape index (κ1) is 30.6. The van der Waals surface area contributed by atoms with Crippen LogP contribution in [0.2, 0.25) is 0 Å². The highest BCUT2D eigenvalue weighted by molar-refractivity contribution is 5.98. The Bertz CT molecular complexity index is 1580. The van der Waals surface area contributed by atoms with E-state index in [1.54, 1.807) is 6.20 Å². The number of ether oxygens (including phenoxy) is 1. The van der Waals surface area contributed by atoms with Crippen molar-refractivity contribution in [3.8, 4) is 22.9 Å². The third-order valence-electron chi connectivity index (χ3n) is 7.93. The van der Waals surface area contributed by atoms with E-state index in [2.05, 4.69) is 36.5 Å². The predicted molar refractivity (Wildman–Crippen MR) is 164 cm³/mol. The van der Waals surface area contributed by atoms with Crippen LogP contribution in [0, 0.1) is 0 Å². The Morgan fingerprint density at radius 2 is 1.55 bits per heavy atom. The summed E-state index contributed by atoms with van der Waals surface area (Å²) in [5.41, 5.74) is 8.77. The smallest absolute Gasteiger partial charge is 0.328 e. The highest BCUT2D eigenvalue weighted by Crippen LogP contribution is 2.37. The highest BCUT2D eigenvalue weighted by atomic mass is 16.5. The van der Waals surface area contributed by atoms with Crippen molar-refractivity contribution in [3.63, 3.8) is 0 Å². The fraction of sp³-hybridized carbons (Fsp3) is 0.355. The van der Waals surface area contributed by atoms with Crippen molar-refractivity contribution < 1.29 is 24.5 Å². The molecular formula is C31H36N8O5. The molecule has 2 aliphatic rings. The maximum atomic E-state index is 9.55. The molecule has 1 aliphatic carbocycles. The summed E-state index contributed by atoms with van der Waals surface area (Å²) in [5.74, 6) is -0.797. The highest BCUT2D eigenvalue weighted by Gasteiger charge is 2.30. The summed E-state index contributed by atoms with van der Waals surface area (Å²) >= 11 is 0. The number of carboxylic acids is 2. The van der Waals surface area contributed by atoms with Gasteiger partial charge in [-0.05, 0) is 50.9 Å². The maximum Gasteiger partial charge on any atom is 0.328 e. The van der Waals surface area contributed by atoms with Crippen LogP contribution in [0.25, 0.3) is 22.3 Å². The Kier molecular flexibility index (Phi) is 9.77. The molecule has 4 N–H and O–H groups in total. The van der Waals surface area contributed by atoms with Gasteiger partial charge in [0.15, 0.2) is 5.65 Å². The molecule has 1 aromatic carbocycles. The van der Waals surface area contributed by atoms with Gasteiger partial charge in [0.05, 0.1) is 11.4 Å².